The van der Waals surface area contributed by atoms with Crippen LogP contribution >= 0.6 is 0 Å². The molecule has 4 aliphatic heterocycles. The van der Waals surface area contributed by atoms with Crippen LogP contribution in [0.25, 0.3) is 0 Å². The lowest BCUT2D eigenvalue weighted by Crippen LogP contribution is -2.58. The number of allylic oxidation sites excluding steroid dienone is 3. The van der Waals surface area contributed by atoms with Crippen LogP contribution in [0, 0.1) is 0 Å². The summed E-state index contributed by atoms with van der Waals surface area (Å²) in [5.41, 5.74) is 3.18. The highest BCUT2D eigenvalue weighted by molar-refractivity contribution is 5.54. The Hall–Kier alpha value is -2.23. The van der Waals surface area contributed by atoms with Gasteiger partial charge in [-0.3, -0.25) is 4.90 Å². The smallest absolute Gasteiger partial charge is 0.406 e. The number of rotatable bonds is 6. The van der Waals surface area contributed by atoms with Crippen LogP contribution in [0.15, 0.2) is 47.8 Å². The third-order valence-electron chi connectivity index (χ3n) is 7.88. The molecule has 0 amide bonds. The molecule has 9 heteroatoms. The minimum absolute atomic E-state index is 0.200. The molecule has 5 rings (SSSR count). The van der Waals surface area contributed by atoms with Crippen LogP contribution < -0.4 is 9.64 Å². The first-order valence-corrected chi connectivity index (χ1v) is 13.6. The van der Waals surface area contributed by atoms with Gasteiger partial charge in [-0.1, -0.05) is 6.08 Å². The van der Waals surface area contributed by atoms with Gasteiger partial charge >= 0.3 is 6.36 Å². The standard InChI is InChI=1S/C28H38F3N3O3/c1-21-18-24(4-2-3-13-34(21)23-5-7-26(8-6-23)37-28(29,30)31)32-14-9-25(10-15-32)36-27-19-33(20-27)22-11-16-35-17-12-22/h4-8,18,22,25,27H,2-3,9-17,19-20H2,1H3/b21-18-,24-4-. The first kappa shape index (κ1) is 26.4. The molecule has 4 aliphatic rings. The Morgan fingerprint density at radius 3 is 2.30 bits per heavy atom. The van der Waals surface area contributed by atoms with Gasteiger partial charge in [0.15, 0.2) is 0 Å². The van der Waals surface area contributed by atoms with E-state index in [4.69, 9.17) is 9.47 Å². The van der Waals surface area contributed by atoms with Crippen molar-refractivity contribution < 1.29 is 27.4 Å². The van der Waals surface area contributed by atoms with Gasteiger partial charge in [-0.05, 0) is 75.8 Å². The number of hydrogen-bond acceptors (Lipinski definition) is 6. The number of hydrogen-bond donors (Lipinski definition) is 0. The van der Waals surface area contributed by atoms with Crippen LogP contribution in [0.1, 0.15) is 45.4 Å². The van der Waals surface area contributed by atoms with E-state index in [1.807, 2.05) is 0 Å². The van der Waals surface area contributed by atoms with Crippen molar-refractivity contribution >= 4 is 5.69 Å². The maximum atomic E-state index is 12.5. The highest BCUT2D eigenvalue weighted by Crippen LogP contribution is 2.30. The second-order valence-corrected chi connectivity index (χ2v) is 10.5. The molecule has 1 aromatic carbocycles. The molecule has 0 saturated carbocycles. The maximum Gasteiger partial charge on any atom is 0.573 e. The quantitative estimate of drug-likeness (QED) is 0.505. The average molecular weight is 522 g/mol. The summed E-state index contributed by atoms with van der Waals surface area (Å²) in [5.74, 6) is -0.200. The van der Waals surface area contributed by atoms with Crippen molar-refractivity contribution in [3.8, 4) is 5.75 Å². The predicted octanol–water partition coefficient (Wildman–Crippen LogP) is 5.32. The lowest BCUT2D eigenvalue weighted by Gasteiger charge is -2.47. The lowest BCUT2D eigenvalue weighted by molar-refractivity contribution is -0.274. The molecule has 3 fully saturated rings. The monoisotopic (exact) mass is 521 g/mol. The van der Waals surface area contributed by atoms with Gasteiger partial charge in [-0.2, -0.15) is 0 Å². The second-order valence-electron chi connectivity index (χ2n) is 10.5. The van der Waals surface area contributed by atoms with Crippen molar-refractivity contribution in [1.29, 1.82) is 0 Å². The van der Waals surface area contributed by atoms with E-state index in [1.54, 1.807) is 12.1 Å². The molecule has 4 heterocycles. The van der Waals surface area contributed by atoms with Gasteiger partial charge in [0.1, 0.15) is 5.75 Å². The van der Waals surface area contributed by atoms with Crippen LogP contribution in [0.4, 0.5) is 18.9 Å². The summed E-state index contributed by atoms with van der Waals surface area (Å²) in [4.78, 5) is 7.17. The van der Waals surface area contributed by atoms with E-state index in [2.05, 4.69) is 38.5 Å². The first-order chi connectivity index (χ1) is 17.8. The fourth-order valence-corrected chi connectivity index (χ4v) is 5.83. The van der Waals surface area contributed by atoms with Gasteiger partial charge in [0.25, 0.3) is 0 Å². The SMILES string of the molecule is C/C1=C/C(N2CCC(OC3CN(C4CCOCC4)C3)CC2)=C/CCCN1c1ccc(OC(F)(F)F)cc1. The number of piperidine rings is 1. The molecule has 1 aromatic rings. The van der Waals surface area contributed by atoms with Gasteiger partial charge in [-0.15, -0.1) is 13.2 Å². The molecule has 0 spiro atoms. The van der Waals surface area contributed by atoms with Gasteiger partial charge < -0.3 is 24.0 Å². The number of nitrogens with zero attached hydrogens (tertiary/aromatic N) is 3. The lowest BCUT2D eigenvalue weighted by atomic mass is 10.0. The summed E-state index contributed by atoms with van der Waals surface area (Å²) in [6.45, 7) is 8.70. The Morgan fingerprint density at radius 2 is 1.62 bits per heavy atom. The average Bonchev–Trinajstić information content (AvgIpc) is 2.84. The molecule has 0 atom stereocenters. The summed E-state index contributed by atoms with van der Waals surface area (Å²) in [6, 6.07) is 6.80. The summed E-state index contributed by atoms with van der Waals surface area (Å²) < 4.78 is 53.5. The summed E-state index contributed by atoms with van der Waals surface area (Å²) in [7, 11) is 0. The van der Waals surface area contributed by atoms with Gasteiger partial charge in [0.2, 0.25) is 0 Å². The van der Waals surface area contributed by atoms with Crippen LogP contribution in [0.5, 0.6) is 5.75 Å². The zero-order valence-corrected chi connectivity index (χ0v) is 21.6. The van der Waals surface area contributed by atoms with E-state index in [9.17, 15) is 13.2 Å². The molecular weight excluding hydrogens is 483 g/mol. The van der Waals surface area contributed by atoms with E-state index in [1.165, 1.54) is 17.8 Å². The molecule has 3 saturated heterocycles. The van der Waals surface area contributed by atoms with Gasteiger partial charge in [0, 0.05) is 69.1 Å². The highest BCUT2D eigenvalue weighted by atomic mass is 19.4. The summed E-state index contributed by atoms with van der Waals surface area (Å²) in [5, 5.41) is 0. The molecule has 6 nitrogen and oxygen atoms in total. The third-order valence-corrected chi connectivity index (χ3v) is 7.88. The summed E-state index contributed by atoms with van der Waals surface area (Å²) >= 11 is 0. The highest BCUT2D eigenvalue weighted by Gasteiger charge is 2.36. The van der Waals surface area contributed by atoms with E-state index in [-0.39, 0.29) is 5.75 Å². The fraction of sp³-hybridized carbons (Fsp3) is 0.643. The van der Waals surface area contributed by atoms with Crippen molar-refractivity contribution in [2.75, 3.05) is 50.8 Å². The number of benzene rings is 1. The van der Waals surface area contributed by atoms with Crippen LogP contribution in [0.2, 0.25) is 0 Å². The van der Waals surface area contributed by atoms with Crippen LogP contribution in [-0.2, 0) is 9.47 Å². The Morgan fingerprint density at radius 1 is 0.919 bits per heavy atom. The van der Waals surface area contributed by atoms with Crippen molar-refractivity contribution in [3.05, 3.63) is 47.8 Å². The second kappa shape index (κ2) is 11.7. The molecular formula is C28H38F3N3O3. The van der Waals surface area contributed by atoms with Crippen molar-refractivity contribution in [1.82, 2.24) is 9.80 Å². The Kier molecular flexibility index (Phi) is 8.31. The number of ether oxygens (including phenoxy) is 3. The van der Waals surface area contributed by atoms with Crippen LogP contribution in [-0.4, -0.2) is 80.3 Å². The van der Waals surface area contributed by atoms with Crippen molar-refractivity contribution in [3.63, 3.8) is 0 Å². The first-order valence-electron chi connectivity index (χ1n) is 13.6. The Balaban J connectivity index is 1.12. The fourth-order valence-electron chi connectivity index (χ4n) is 5.83. The van der Waals surface area contributed by atoms with Crippen LogP contribution in [0.3, 0.4) is 0 Å². The maximum absolute atomic E-state index is 12.5. The number of alkyl halides is 3. The molecule has 0 aromatic heterocycles. The molecule has 0 aliphatic carbocycles. The predicted molar refractivity (Wildman–Crippen MR) is 136 cm³/mol. The molecule has 0 bridgehead atoms. The summed E-state index contributed by atoms with van der Waals surface area (Å²) in [6.07, 6.45) is 6.81. The molecule has 0 N–H and O–H groups in total. The van der Waals surface area contributed by atoms with E-state index in [0.29, 0.717) is 18.2 Å². The zero-order chi connectivity index (χ0) is 25.8. The minimum atomic E-state index is -4.68. The number of halogens is 3. The van der Waals surface area contributed by atoms with E-state index >= 15 is 0 Å². The van der Waals surface area contributed by atoms with E-state index in [0.717, 1.165) is 95.8 Å². The number of anilines is 1. The van der Waals surface area contributed by atoms with E-state index < -0.39 is 6.36 Å². The molecule has 0 unspecified atom stereocenters. The largest absolute Gasteiger partial charge is 0.573 e. The minimum Gasteiger partial charge on any atom is -0.406 e. The molecule has 0 radical (unpaired) electrons. The topological polar surface area (TPSA) is 37.4 Å². The van der Waals surface area contributed by atoms with Crippen molar-refractivity contribution in [2.45, 2.75) is 70.1 Å². The normalized spacial score (nSPS) is 26.5. The Labute approximate surface area is 217 Å². The van der Waals surface area contributed by atoms with Gasteiger partial charge in [0.05, 0.1) is 12.2 Å². The Bertz CT molecular complexity index is 946. The van der Waals surface area contributed by atoms with Crippen molar-refractivity contribution in [2.24, 2.45) is 0 Å². The molecule has 37 heavy (non-hydrogen) atoms. The zero-order valence-electron chi connectivity index (χ0n) is 21.6. The number of likely N-dealkylation sites (tertiary alicyclic amines) is 2. The molecule has 204 valence electrons. The van der Waals surface area contributed by atoms with Gasteiger partial charge in [-0.25, -0.2) is 0 Å². The third kappa shape index (κ3) is 7.00.